The number of fused-ring (bicyclic) bond motifs is 2. The van der Waals surface area contributed by atoms with Gasteiger partial charge in [0.05, 0.1) is 22.8 Å². The van der Waals surface area contributed by atoms with Crippen LogP contribution in [0, 0.1) is 25.7 Å². The lowest BCUT2D eigenvalue weighted by Gasteiger charge is -2.35. The Morgan fingerprint density at radius 3 is 2.77 bits per heavy atom. The second-order valence-electron chi connectivity index (χ2n) is 8.58. The number of carbonyl (C=O) groups excluding carboxylic acids is 1. The predicted octanol–water partition coefficient (Wildman–Crippen LogP) is 2.87. The molecule has 7 nitrogen and oxygen atoms in total. The Balaban J connectivity index is 1.28. The van der Waals surface area contributed by atoms with E-state index in [0.29, 0.717) is 37.0 Å². The van der Waals surface area contributed by atoms with E-state index in [1.54, 1.807) is 6.20 Å². The van der Waals surface area contributed by atoms with Gasteiger partial charge < -0.3 is 19.7 Å². The molecule has 4 atom stereocenters. The molecule has 0 aromatic carbocycles. The summed E-state index contributed by atoms with van der Waals surface area (Å²) in [7, 11) is 0. The fourth-order valence-electron chi connectivity index (χ4n) is 4.89. The van der Waals surface area contributed by atoms with Gasteiger partial charge in [0.1, 0.15) is 17.5 Å². The number of aliphatic hydroxyl groups excluding tert-OH is 1. The number of rotatable bonds is 3. The average molecular weight is 406 g/mol. The summed E-state index contributed by atoms with van der Waals surface area (Å²) in [6.07, 6.45) is 2.28. The Bertz CT molecular complexity index is 1060. The number of carbonyl (C=O) groups is 1. The van der Waals surface area contributed by atoms with Gasteiger partial charge >= 0.3 is 0 Å². The minimum atomic E-state index is -0.542. The van der Waals surface area contributed by atoms with Gasteiger partial charge in [0.15, 0.2) is 0 Å². The number of hydrogen-bond donors (Lipinski definition) is 2. The summed E-state index contributed by atoms with van der Waals surface area (Å²) in [5.41, 5.74) is 4.00. The van der Waals surface area contributed by atoms with Crippen LogP contribution >= 0.6 is 0 Å². The Kier molecular flexibility index (Phi) is 4.70. The highest BCUT2D eigenvalue weighted by Crippen LogP contribution is 2.38. The molecule has 0 spiro atoms. The van der Waals surface area contributed by atoms with E-state index in [0.717, 1.165) is 34.6 Å². The largest absolute Gasteiger partial charge is 0.486 e. The topological polar surface area (TPSA) is 91.3 Å². The zero-order valence-corrected chi connectivity index (χ0v) is 17.2. The number of amides is 1. The van der Waals surface area contributed by atoms with Crippen LogP contribution in [0.1, 0.15) is 34.7 Å². The van der Waals surface area contributed by atoms with Gasteiger partial charge in [-0.2, -0.15) is 0 Å². The highest BCUT2D eigenvalue weighted by molar-refractivity contribution is 5.97. The van der Waals surface area contributed by atoms with Crippen molar-refractivity contribution in [2.75, 3.05) is 13.1 Å². The fourth-order valence-corrected chi connectivity index (χ4v) is 4.89. The molecule has 0 radical (unpaired) electrons. The van der Waals surface area contributed by atoms with Crippen LogP contribution in [-0.4, -0.2) is 56.2 Å². The number of aromatic amines is 1. The molecule has 4 heterocycles. The first-order valence-electron chi connectivity index (χ1n) is 10.5. The lowest BCUT2D eigenvalue weighted by atomic mass is 9.78. The van der Waals surface area contributed by atoms with E-state index in [4.69, 9.17) is 4.74 Å². The van der Waals surface area contributed by atoms with Crippen LogP contribution in [0.25, 0.3) is 11.0 Å². The van der Waals surface area contributed by atoms with Crippen molar-refractivity contribution in [3.05, 3.63) is 53.6 Å². The van der Waals surface area contributed by atoms with E-state index in [-0.39, 0.29) is 12.0 Å². The number of nitrogens with one attached hydrogen (secondary N) is 1. The number of likely N-dealkylation sites (tertiary alicyclic amines) is 1. The van der Waals surface area contributed by atoms with Crippen LogP contribution in [-0.2, 0) is 0 Å². The lowest BCUT2D eigenvalue weighted by Crippen LogP contribution is -2.42. The van der Waals surface area contributed by atoms with Gasteiger partial charge in [-0.05, 0) is 68.9 Å². The van der Waals surface area contributed by atoms with Gasteiger partial charge in [-0.3, -0.25) is 14.8 Å². The van der Waals surface area contributed by atoms with Crippen LogP contribution in [0.15, 0.2) is 36.5 Å². The average Bonchev–Trinajstić information content (AvgIpc) is 3.33. The maximum absolute atomic E-state index is 13.1. The SMILES string of the molecule is Cc1ccc(O[C@@H]2C[C@@H]3CN(C(=O)c4cc5ncccc5[nH]4)C[C@@H]3C[C@H]2O)c(C)n1. The van der Waals surface area contributed by atoms with Crippen molar-refractivity contribution >= 4 is 16.9 Å². The summed E-state index contributed by atoms with van der Waals surface area (Å²) in [5, 5.41) is 10.7. The molecule has 2 N–H and O–H groups in total. The number of pyridine rings is 2. The van der Waals surface area contributed by atoms with Crippen LogP contribution in [0.4, 0.5) is 0 Å². The van der Waals surface area contributed by atoms with Crippen molar-refractivity contribution in [2.45, 2.75) is 38.9 Å². The zero-order valence-electron chi connectivity index (χ0n) is 17.2. The highest BCUT2D eigenvalue weighted by Gasteiger charge is 2.44. The van der Waals surface area contributed by atoms with Gasteiger partial charge in [0, 0.05) is 25.0 Å². The minimum absolute atomic E-state index is 0.00654. The molecule has 7 heteroatoms. The van der Waals surface area contributed by atoms with E-state index < -0.39 is 6.10 Å². The summed E-state index contributed by atoms with van der Waals surface area (Å²) >= 11 is 0. The van der Waals surface area contributed by atoms with Crippen LogP contribution < -0.4 is 4.74 Å². The van der Waals surface area contributed by atoms with Gasteiger partial charge in [-0.1, -0.05) is 0 Å². The molecule has 0 bridgehead atoms. The lowest BCUT2D eigenvalue weighted by molar-refractivity contribution is -0.0236. The summed E-state index contributed by atoms with van der Waals surface area (Å²) in [5.74, 6) is 1.33. The third-order valence-corrected chi connectivity index (χ3v) is 6.45. The number of ether oxygens (including phenoxy) is 1. The standard InChI is InChI=1S/C23H26N4O3/c1-13-5-6-21(14(2)25-13)30-22-9-16-12-27(11-15(16)8-20(22)28)23(29)19-10-18-17(26-19)4-3-7-24-18/h3-7,10,15-16,20,22,26,28H,8-9,11-12H2,1-2H3/t15-,16+,20+,22+/m0/s1. The maximum Gasteiger partial charge on any atom is 0.270 e. The molecule has 3 aromatic rings. The Labute approximate surface area is 175 Å². The fraction of sp³-hybridized carbons (Fsp3) is 0.435. The molecule has 0 unspecified atom stereocenters. The van der Waals surface area contributed by atoms with Crippen molar-refractivity contribution in [3.8, 4) is 5.75 Å². The number of hydrogen-bond acceptors (Lipinski definition) is 5. The first kappa shape index (κ1) is 19.1. The molecule has 1 aliphatic heterocycles. The number of aliphatic hydroxyl groups is 1. The normalized spacial score (nSPS) is 26.0. The molecule has 1 saturated carbocycles. The summed E-state index contributed by atoms with van der Waals surface area (Å²) in [6.45, 7) is 5.22. The second-order valence-corrected chi connectivity index (χ2v) is 8.58. The van der Waals surface area contributed by atoms with E-state index in [9.17, 15) is 9.90 Å². The molecule has 2 aliphatic rings. The van der Waals surface area contributed by atoms with E-state index in [1.807, 2.05) is 49.1 Å². The van der Waals surface area contributed by atoms with Gasteiger partial charge in [-0.25, -0.2) is 0 Å². The van der Waals surface area contributed by atoms with Gasteiger partial charge in [0.25, 0.3) is 5.91 Å². The second kappa shape index (κ2) is 7.40. The van der Waals surface area contributed by atoms with E-state index in [2.05, 4.69) is 15.0 Å². The summed E-state index contributed by atoms with van der Waals surface area (Å²) in [4.78, 5) is 26.9. The molecular formula is C23H26N4O3. The summed E-state index contributed by atoms with van der Waals surface area (Å²) in [6, 6.07) is 9.43. The van der Waals surface area contributed by atoms with Crippen LogP contribution in [0.3, 0.4) is 0 Å². The van der Waals surface area contributed by atoms with E-state index in [1.165, 1.54) is 0 Å². The van der Waals surface area contributed by atoms with Crippen LogP contribution in [0.2, 0.25) is 0 Å². The smallest absolute Gasteiger partial charge is 0.270 e. The monoisotopic (exact) mass is 406 g/mol. The van der Waals surface area contributed by atoms with Crippen molar-refractivity contribution in [1.29, 1.82) is 0 Å². The summed E-state index contributed by atoms with van der Waals surface area (Å²) < 4.78 is 6.15. The molecule has 1 amide bonds. The number of H-pyrrole nitrogens is 1. The number of nitrogens with zero attached hydrogens (tertiary/aromatic N) is 3. The van der Waals surface area contributed by atoms with Crippen LogP contribution in [0.5, 0.6) is 5.75 Å². The molecular weight excluding hydrogens is 380 g/mol. The number of aromatic nitrogens is 3. The first-order chi connectivity index (χ1) is 14.5. The Morgan fingerprint density at radius 1 is 1.20 bits per heavy atom. The van der Waals surface area contributed by atoms with E-state index >= 15 is 0 Å². The third-order valence-electron chi connectivity index (χ3n) is 6.45. The van der Waals surface area contributed by atoms with Gasteiger partial charge in [-0.15, -0.1) is 0 Å². The van der Waals surface area contributed by atoms with Crippen molar-refractivity contribution < 1.29 is 14.6 Å². The minimum Gasteiger partial charge on any atom is -0.486 e. The molecule has 1 aliphatic carbocycles. The predicted molar refractivity (Wildman–Crippen MR) is 112 cm³/mol. The highest BCUT2D eigenvalue weighted by atomic mass is 16.5. The first-order valence-corrected chi connectivity index (χ1v) is 10.5. The van der Waals surface area contributed by atoms with Crippen molar-refractivity contribution in [2.24, 2.45) is 11.8 Å². The Hall–Kier alpha value is -2.93. The molecule has 156 valence electrons. The number of aryl methyl sites for hydroxylation is 2. The molecule has 3 aromatic heterocycles. The molecule has 30 heavy (non-hydrogen) atoms. The molecule has 2 fully saturated rings. The van der Waals surface area contributed by atoms with Crippen molar-refractivity contribution in [1.82, 2.24) is 19.9 Å². The zero-order chi connectivity index (χ0) is 20.8. The van der Waals surface area contributed by atoms with Gasteiger partial charge in [0.2, 0.25) is 0 Å². The maximum atomic E-state index is 13.1. The Morgan fingerprint density at radius 2 is 2.00 bits per heavy atom. The quantitative estimate of drug-likeness (QED) is 0.698. The molecule has 5 rings (SSSR count). The van der Waals surface area contributed by atoms with Crippen molar-refractivity contribution in [3.63, 3.8) is 0 Å². The third kappa shape index (κ3) is 3.43. The molecule has 1 saturated heterocycles.